The van der Waals surface area contributed by atoms with Crippen molar-refractivity contribution < 1.29 is 28.9 Å². The number of hydrogen-bond acceptors (Lipinski definition) is 6. The topological polar surface area (TPSA) is 95.0 Å². The lowest BCUT2D eigenvalue weighted by molar-refractivity contribution is 0.0696. The van der Waals surface area contributed by atoms with E-state index in [1.54, 1.807) is 25.3 Å². The van der Waals surface area contributed by atoms with Gasteiger partial charge >= 0.3 is 5.97 Å². The van der Waals surface area contributed by atoms with E-state index >= 15 is 0 Å². The molecule has 7 nitrogen and oxygen atoms in total. The molecule has 1 N–H and O–H groups in total. The van der Waals surface area contributed by atoms with Gasteiger partial charge in [0.1, 0.15) is 30.5 Å². The van der Waals surface area contributed by atoms with Crippen LogP contribution >= 0.6 is 0 Å². The van der Waals surface area contributed by atoms with Crippen molar-refractivity contribution in [2.45, 2.75) is 13.2 Å². The van der Waals surface area contributed by atoms with E-state index < -0.39 is 5.97 Å². The number of carboxylic acids is 1. The fourth-order valence-corrected chi connectivity index (χ4v) is 2.62. The van der Waals surface area contributed by atoms with Crippen LogP contribution < -0.4 is 14.2 Å². The van der Waals surface area contributed by atoms with Crippen molar-refractivity contribution in [2.75, 3.05) is 7.11 Å². The van der Waals surface area contributed by atoms with Gasteiger partial charge in [-0.15, -0.1) is 0 Å². The lowest BCUT2D eigenvalue weighted by Crippen LogP contribution is -2.05. The molecular weight excluding hydrogens is 374 g/mol. The van der Waals surface area contributed by atoms with Crippen molar-refractivity contribution >= 4 is 12.3 Å². The van der Waals surface area contributed by atoms with Gasteiger partial charge in [-0.1, -0.05) is 18.2 Å². The average molecular weight is 393 g/mol. The molecule has 1 aromatic heterocycles. The molecule has 3 rings (SSSR count). The minimum atomic E-state index is -1.05. The molecule has 0 bridgehead atoms. The number of aldehydes is 1. The molecular formula is C22H19NO6. The first-order chi connectivity index (χ1) is 14.1. The number of carbonyl (C=O) groups is 2. The normalized spacial score (nSPS) is 10.2. The van der Waals surface area contributed by atoms with Gasteiger partial charge in [0, 0.05) is 6.20 Å². The molecule has 0 amide bonds. The van der Waals surface area contributed by atoms with E-state index in [4.69, 9.17) is 19.3 Å². The van der Waals surface area contributed by atoms with Gasteiger partial charge in [-0.2, -0.15) is 0 Å². The van der Waals surface area contributed by atoms with Crippen LogP contribution in [0.4, 0.5) is 0 Å². The van der Waals surface area contributed by atoms with Crippen molar-refractivity contribution in [3.63, 3.8) is 0 Å². The number of methoxy groups -OCH3 is 1. The second kappa shape index (κ2) is 9.36. The summed E-state index contributed by atoms with van der Waals surface area (Å²) in [7, 11) is 1.60. The fourth-order valence-electron chi connectivity index (χ4n) is 2.62. The lowest BCUT2D eigenvalue weighted by Gasteiger charge is -2.13. The number of rotatable bonds is 9. The largest absolute Gasteiger partial charge is 0.497 e. The molecule has 0 atom stereocenters. The number of hydrogen-bond donors (Lipinski definition) is 1. The molecule has 29 heavy (non-hydrogen) atoms. The first-order valence-electron chi connectivity index (χ1n) is 8.75. The number of pyridine rings is 1. The number of carbonyl (C=O) groups excluding carboxylic acids is 1. The van der Waals surface area contributed by atoms with Gasteiger partial charge in [-0.25, -0.2) is 4.79 Å². The third-order valence-electron chi connectivity index (χ3n) is 4.14. The Morgan fingerprint density at radius 1 is 1.03 bits per heavy atom. The van der Waals surface area contributed by atoms with Crippen molar-refractivity contribution in [3.8, 4) is 17.2 Å². The quantitative estimate of drug-likeness (QED) is 0.553. The number of aromatic carboxylic acids is 1. The average Bonchev–Trinajstić information content (AvgIpc) is 2.76. The van der Waals surface area contributed by atoms with E-state index in [9.17, 15) is 9.59 Å². The van der Waals surface area contributed by atoms with Crippen molar-refractivity contribution in [2.24, 2.45) is 0 Å². The maximum atomic E-state index is 11.6. The third kappa shape index (κ3) is 5.10. The molecule has 0 radical (unpaired) electrons. The number of benzene rings is 2. The standard InChI is InChI=1S/C22H19NO6/c1-27-18-7-5-15(6-8-18)13-28-20-3-2-4-21(19(20)12-24)29-14-17-11-16(22(25)26)9-10-23-17/h2-12H,13-14H2,1H3,(H,25,26). The van der Waals surface area contributed by atoms with Crippen LogP contribution in [0.1, 0.15) is 32.0 Å². The molecule has 7 heteroatoms. The molecule has 0 spiro atoms. The van der Waals surface area contributed by atoms with Crippen LogP contribution in [0, 0.1) is 0 Å². The minimum Gasteiger partial charge on any atom is -0.497 e. The zero-order valence-electron chi connectivity index (χ0n) is 15.7. The first kappa shape index (κ1) is 19.9. The SMILES string of the molecule is COc1ccc(COc2cccc(OCc3cc(C(=O)O)ccn3)c2C=O)cc1. The second-order valence-electron chi connectivity index (χ2n) is 6.05. The molecule has 0 saturated heterocycles. The number of carboxylic acid groups (broad SMARTS) is 1. The predicted octanol–water partition coefficient (Wildman–Crippen LogP) is 3.76. The van der Waals surface area contributed by atoms with E-state index in [2.05, 4.69) is 4.98 Å². The van der Waals surface area contributed by atoms with Crippen LogP contribution in [0.25, 0.3) is 0 Å². The zero-order chi connectivity index (χ0) is 20.6. The molecule has 3 aromatic rings. The van der Waals surface area contributed by atoms with Gasteiger partial charge in [0.25, 0.3) is 0 Å². The molecule has 148 valence electrons. The second-order valence-corrected chi connectivity index (χ2v) is 6.05. The summed E-state index contributed by atoms with van der Waals surface area (Å²) in [5, 5.41) is 9.06. The van der Waals surface area contributed by atoms with Crippen molar-refractivity contribution in [1.29, 1.82) is 0 Å². The summed E-state index contributed by atoms with van der Waals surface area (Å²) in [6.07, 6.45) is 2.07. The monoisotopic (exact) mass is 393 g/mol. The van der Waals surface area contributed by atoms with Crippen LogP contribution in [-0.4, -0.2) is 29.5 Å². The van der Waals surface area contributed by atoms with E-state index in [1.807, 2.05) is 24.3 Å². The van der Waals surface area contributed by atoms with E-state index in [0.29, 0.717) is 23.5 Å². The highest BCUT2D eigenvalue weighted by molar-refractivity contribution is 5.87. The summed E-state index contributed by atoms with van der Waals surface area (Å²) >= 11 is 0. The van der Waals surface area contributed by atoms with E-state index in [0.717, 1.165) is 11.3 Å². The van der Waals surface area contributed by atoms with Crippen LogP contribution in [0.15, 0.2) is 60.8 Å². The number of aromatic nitrogens is 1. The van der Waals surface area contributed by atoms with Gasteiger partial charge in [0.2, 0.25) is 0 Å². The first-order valence-corrected chi connectivity index (χ1v) is 8.75. The molecule has 0 aliphatic heterocycles. The summed E-state index contributed by atoms with van der Waals surface area (Å²) in [4.78, 5) is 26.8. The maximum absolute atomic E-state index is 11.6. The van der Waals surface area contributed by atoms with Crippen LogP contribution in [0.5, 0.6) is 17.2 Å². The van der Waals surface area contributed by atoms with Gasteiger partial charge in [0.05, 0.1) is 23.9 Å². The summed E-state index contributed by atoms with van der Waals surface area (Å²) in [6.45, 7) is 0.292. The summed E-state index contributed by atoms with van der Waals surface area (Å²) in [5.74, 6) is 0.421. The summed E-state index contributed by atoms with van der Waals surface area (Å²) < 4.78 is 16.6. The minimum absolute atomic E-state index is 0.0178. The predicted molar refractivity (Wildman–Crippen MR) is 105 cm³/mol. The van der Waals surface area contributed by atoms with Gasteiger partial charge in [-0.05, 0) is 42.0 Å². The Hall–Kier alpha value is -3.87. The smallest absolute Gasteiger partial charge is 0.335 e. The van der Waals surface area contributed by atoms with Crippen molar-refractivity contribution in [1.82, 2.24) is 4.98 Å². The Kier molecular flexibility index (Phi) is 6.42. The Labute approximate surface area is 167 Å². The zero-order valence-corrected chi connectivity index (χ0v) is 15.7. The summed E-state index contributed by atoms with van der Waals surface area (Å²) in [5.41, 5.74) is 1.75. The van der Waals surface area contributed by atoms with Gasteiger partial charge in [0.15, 0.2) is 6.29 Å². The van der Waals surface area contributed by atoms with Gasteiger partial charge in [-0.3, -0.25) is 9.78 Å². The van der Waals surface area contributed by atoms with Crippen LogP contribution in [0.3, 0.4) is 0 Å². The molecule has 1 heterocycles. The highest BCUT2D eigenvalue weighted by atomic mass is 16.5. The Balaban J connectivity index is 1.70. The maximum Gasteiger partial charge on any atom is 0.335 e. The Morgan fingerprint density at radius 2 is 1.72 bits per heavy atom. The molecule has 2 aromatic carbocycles. The fraction of sp³-hybridized carbons (Fsp3) is 0.136. The van der Waals surface area contributed by atoms with Crippen LogP contribution in [-0.2, 0) is 13.2 Å². The molecule has 0 aliphatic rings. The molecule has 0 unspecified atom stereocenters. The van der Waals surface area contributed by atoms with Gasteiger partial charge < -0.3 is 19.3 Å². The van der Waals surface area contributed by atoms with Crippen molar-refractivity contribution in [3.05, 3.63) is 83.2 Å². The Morgan fingerprint density at radius 3 is 2.34 bits per heavy atom. The third-order valence-corrected chi connectivity index (χ3v) is 4.14. The Bertz CT molecular complexity index is 1000. The highest BCUT2D eigenvalue weighted by Crippen LogP contribution is 2.28. The summed E-state index contributed by atoms with van der Waals surface area (Å²) in [6, 6.07) is 15.3. The van der Waals surface area contributed by atoms with Crippen LogP contribution in [0.2, 0.25) is 0 Å². The molecule has 0 aliphatic carbocycles. The number of nitrogens with zero attached hydrogens (tertiary/aromatic N) is 1. The van der Waals surface area contributed by atoms with E-state index in [-0.39, 0.29) is 24.3 Å². The lowest BCUT2D eigenvalue weighted by atomic mass is 10.2. The highest BCUT2D eigenvalue weighted by Gasteiger charge is 2.12. The molecule has 0 saturated carbocycles. The van der Waals surface area contributed by atoms with E-state index in [1.165, 1.54) is 18.3 Å². The number of ether oxygens (including phenoxy) is 3. The molecule has 0 fully saturated rings.